The highest BCUT2D eigenvalue weighted by molar-refractivity contribution is 7.20. The van der Waals surface area contributed by atoms with E-state index in [1.807, 2.05) is 18.2 Å². The average Bonchev–Trinajstić information content (AvgIpc) is 3.21. The second kappa shape index (κ2) is 8.28. The van der Waals surface area contributed by atoms with E-state index in [1.54, 1.807) is 40.0 Å². The van der Waals surface area contributed by atoms with Crippen LogP contribution >= 0.6 is 11.3 Å². The molecular weight excluding hydrogens is 468 g/mol. The summed E-state index contributed by atoms with van der Waals surface area (Å²) in [6.45, 7) is 7.76. The second-order valence-corrected chi connectivity index (χ2v) is 10.5. The molecule has 0 saturated heterocycles. The molecule has 0 saturated carbocycles. The highest BCUT2D eigenvalue weighted by atomic mass is 32.1. The van der Waals surface area contributed by atoms with Gasteiger partial charge in [-0.25, -0.2) is 14.6 Å². The fourth-order valence-electron chi connectivity index (χ4n) is 4.60. The van der Waals surface area contributed by atoms with Crippen LogP contribution in [0, 0.1) is 6.92 Å². The maximum Gasteiger partial charge on any atom is 0.365 e. The standard InChI is InChI=1S/C26H24N2O6S/c1-12-11-15-22(35-23(28-15)25(31)32)19(17(12)21(24(29)30)34-26(2,3)4)14-5-6-16-18-13(8-10-33-16)7-9-27-20(14)18/h5-7,9,11,21H,8,10H2,1-4H3,(H,29,30)(H,31,32)/t21-/m0/s1. The normalized spacial score (nSPS) is 14.2. The third-order valence-corrected chi connectivity index (χ3v) is 6.98. The number of aromatic carboxylic acids is 1. The van der Waals surface area contributed by atoms with Gasteiger partial charge in [0, 0.05) is 34.7 Å². The lowest BCUT2D eigenvalue weighted by Crippen LogP contribution is -2.28. The number of fused-ring (bicyclic) bond motifs is 1. The molecule has 180 valence electrons. The maximum absolute atomic E-state index is 12.5. The van der Waals surface area contributed by atoms with Crippen molar-refractivity contribution in [2.24, 2.45) is 0 Å². The van der Waals surface area contributed by atoms with Crippen LogP contribution in [0.15, 0.2) is 30.5 Å². The summed E-state index contributed by atoms with van der Waals surface area (Å²) in [5, 5.41) is 20.7. The van der Waals surface area contributed by atoms with Crippen LogP contribution in [0.3, 0.4) is 0 Å². The van der Waals surface area contributed by atoms with Gasteiger partial charge in [-0.05, 0) is 63.1 Å². The van der Waals surface area contributed by atoms with E-state index in [2.05, 4.69) is 9.97 Å². The Labute approximate surface area is 205 Å². The minimum Gasteiger partial charge on any atom is -0.493 e. The molecule has 5 rings (SSSR count). The molecule has 0 unspecified atom stereocenters. The number of ether oxygens (including phenoxy) is 2. The lowest BCUT2D eigenvalue weighted by molar-refractivity contribution is -0.160. The molecule has 0 spiro atoms. The van der Waals surface area contributed by atoms with Gasteiger partial charge in [-0.2, -0.15) is 0 Å². The monoisotopic (exact) mass is 492 g/mol. The van der Waals surface area contributed by atoms with Crippen molar-refractivity contribution in [2.75, 3.05) is 6.61 Å². The number of carboxylic acid groups (broad SMARTS) is 2. The van der Waals surface area contributed by atoms with E-state index < -0.39 is 23.6 Å². The molecule has 2 aromatic heterocycles. The summed E-state index contributed by atoms with van der Waals surface area (Å²) in [7, 11) is 0. The molecule has 4 aromatic rings. The summed E-state index contributed by atoms with van der Waals surface area (Å²) in [4.78, 5) is 33.3. The third kappa shape index (κ3) is 4.00. The van der Waals surface area contributed by atoms with E-state index in [1.165, 1.54) is 0 Å². The summed E-state index contributed by atoms with van der Waals surface area (Å²) in [6, 6.07) is 7.40. The van der Waals surface area contributed by atoms with Gasteiger partial charge in [-0.15, -0.1) is 11.3 Å². The molecule has 1 aliphatic rings. The van der Waals surface area contributed by atoms with Crippen LogP contribution in [0.5, 0.6) is 5.75 Å². The van der Waals surface area contributed by atoms with Crippen molar-refractivity contribution < 1.29 is 29.3 Å². The molecule has 1 atom stereocenters. The van der Waals surface area contributed by atoms with Gasteiger partial charge in [0.1, 0.15) is 5.75 Å². The van der Waals surface area contributed by atoms with Crippen molar-refractivity contribution in [2.45, 2.75) is 45.8 Å². The number of aromatic nitrogens is 2. The first-order chi connectivity index (χ1) is 16.5. The van der Waals surface area contributed by atoms with Crippen LogP contribution in [-0.4, -0.2) is 44.3 Å². The van der Waals surface area contributed by atoms with E-state index in [9.17, 15) is 19.8 Å². The second-order valence-electron chi connectivity index (χ2n) is 9.51. The van der Waals surface area contributed by atoms with Gasteiger partial charge in [0.25, 0.3) is 0 Å². The molecule has 35 heavy (non-hydrogen) atoms. The van der Waals surface area contributed by atoms with Crippen LogP contribution < -0.4 is 4.74 Å². The molecule has 0 radical (unpaired) electrons. The number of pyridine rings is 1. The predicted octanol–water partition coefficient (Wildman–Crippen LogP) is 5.39. The van der Waals surface area contributed by atoms with E-state index in [4.69, 9.17) is 9.47 Å². The summed E-state index contributed by atoms with van der Waals surface area (Å²) >= 11 is 1.02. The number of benzene rings is 2. The molecule has 9 heteroatoms. The Morgan fingerprint density at radius 3 is 2.66 bits per heavy atom. The maximum atomic E-state index is 12.5. The molecule has 3 heterocycles. The number of carbonyl (C=O) groups is 2. The van der Waals surface area contributed by atoms with E-state index >= 15 is 0 Å². The highest BCUT2D eigenvalue weighted by Crippen LogP contribution is 2.46. The van der Waals surface area contributed by atoms with Crippen molar-refractivity contribution in [1.29, 1.82) is 0 Å². The van der Waals surface area contributed by atoms with Gasteiger partial charge in [0.15, 0.2) is 6.10 Å². The Hall–Kier alpha value is -3.56. The van der Waals surface area contributed by atoms with Crippen LogP contribution in [0.25, 0.3) is 32.2 Å². The number of hydrogen-bond donors (Lipinski definition) is 2. The van der Waals surface area contributed by atoms with Gasteiger partial charge >= 0.3 is 11.9 Å². The summed E-state index contributed by atoms with van der Waals surface area (Å²) in [5.41, 5.74) is 3.86. The number of hydrogen-bond acceptors (Lipinski definition) is 7. The van der Waals surface area contributed by atoms with Crippen LogP contribution in [0.4, 0.5) is 0 Å². The van der Waals surface area contributed by atoms with Gasteiger partial charge in [-0.1, -0.05) is 0 Å². The van der Waals surface area contributed by atoms with E-state index in [-0.39, 0.29) is 5.01 Å². The van der Waals surface area contributed by atoms with Crippen molar-refractivity contribution in [3.63, 3.8) is 0 Å². The Morgan fingerprint density at radius 1 is 1.20 bits per heavy atom. The zero-order valence-electron chi connectivity index (χ0n) is 19.7. The summed E-state index contributed by atoms with van der Waals surface area (Å²) in [6.07, 6.45) is 1.19. The van der Waals surface area contributed by atoms with Crippen molar-refractivity contribution >= 4 is 44.4 Å². The SMILES string of the molecule is Cc1cc2nc(C(=O)O)sc2c(-c2ccc3c4c(ccnc24)CCO3)c1[C@H](OC(C)(C)C)C(=O)O. The molecule has 0 fully saturated rings. The van der Waals surface area contributed by atoms with E-state index in [0.717, 1.165) is 34.5 Å². The van der Waals surface area contributed by atoms with Crippen LogP contribution in [0.1, 0.15) is 53.4 Å². The zero-order valence-corrected chi connectivity index (χ0v) is 20.5. The summed E-state index contributed by atoms with van der Waals surface area (Å²) in [5.74, 6) is -1.55. The number of rotatable bonds is 5. The van der Waals surface area contributed by atoms with Crippen LogP contribution in [0.2, 0.25) is 0 Å². The largest absolute Gasteiger partial charge is 0.493 e. The average molecular weight is 493 g/mol. The Balaban J connectivity index is 1.92. The molecule has 2 aromatic carbocycles. The van der Waals surface area contributed by atoms with Gasteiger partial charge in [0.05, 0.1) is 27.9 Å². The summed E-state index contributed by atoms with van der Waals surface area (Å²) < 4.78 is 12.5. The molecule has 2 N–H and O–H groups in total. The minimum absolute atomic E-state index is 0.0690. The molecule has 8 nitrogen and oxygen atoms in total. The lowest BCUT2D eigenvalue weighted by atomic mass is 9.89. The molecule has 1 aliphatic heterocycles. The minimum atomic E-state index is -1.29. The number of thiazole rings is 1. The molecular formula is C26H24N2O6S. The highest BCUT2D eigenvalue weighted by Gasteiger charge is 2.33. The quantitative estimate of drug-likeness (QED) is 0.380. The van der Waals surface area contributed by atoms with Gasteiger partial charge in [-0.3, -0.25) is 4.98 Å². The van der Waals surface area contributed by atoms with Crippen molar-refractivity contribution in [1.82, 2.24) is 9.97 Å². The lowest BCUT2D eigenvalue weighted by Gasteiger charge is -2.28. The number of nitrogens with zero attached hydrogens (tertiary/aromatic N) is 2. The number of aryl methyl sites for hydroxylation is 1. The van der Waals surface area contributed by atoms with Gasteiger partial charge < -0.3 is 19.7 Å². The fraction of sp³-hybridized carbons (Fsp3) is 0.308. The Kier molecular flexibility index (Phi) is 5.49. The topological polar surface area (TPSA) is 119 Å². The number of carboxylic acids is 2. The fourth-order valence-corrected chi connectivity index (χ4v) is 5.55. The predicted molar refractivity (Wildman–Crippen MR) is 132 cm³/mol. The Morgan fingerprint density at radius 2 is 1.97 bits per heavy atom. The Bertz CT molecular complexity index is 1510. The first-order valence-electron chi connectivity index (χ1n) is 11.2. The molecule has 0 aliphatic carbocycles. The third-order valence-electron chi connectivity index (χ3n) is 5.91. The van der Waals surface area contributed by atoms with Gasteiger partial charge in [0.2, 0.25) is 5.01 Å². The number of aliphatic carboxylic acids is 1. The molecule has 0 amide bonds. The van der Waals surface area contributed by atoms with Crippen LogP contribution in [-0.2, 0) is 16.0 Å². The van der Waals surface area contributed by atoms with Crippen molar-refractivity contribution in [3.8, 4) is 16.9 Å². The molecule has 0 bridgehead atoms. The van der Waals surface area contributed by atoms with E-state index in [0.29, 0.717) is 44.6 Å². The van der Waals surface area contributed by atoms with Crippen molar-refractivity contribution in [3.05, 3.63) is 52.2 Å². The first kappa shape index (κ1) is 23.2. The zero-order chi connectivity index (χ0) is 25.1. The first-order valence-corrected chi connectivity index (χ1v) is 12.0. The smallest absolute Gasteiger partial charge is 0.365 e.